The van der Waals surface area contributed by atoms with E-state index in [1.165, 1.54) is 25.6 Å². The zero-order valence-electron chi connectivity index (χ0n) is 16.1. The Bertz CT molecular complexity index is 1140. The van der Waals surface area contributed by atoms with Gasteiger partial charge in [-0.3, -0.25) is 14.2 Å². The van der Waals surface area contributed by atoms with Gasteiger partial charge in [-0.1, -0.05) is 11.6 Å². The first kappa shape index (κ1) is 20.0. The summed E-state index contributed by atoms with van der Waals surface area (Å²) in [7, 11) is 1.48. The number of fused-ring (bicyclic) bond motifs is 1. The molecular weight excluding hydrogens is 408 g/mol. The van der Waals surface area contributed by atoms with Crippen LogP contribution in [0.15, 0.2) is 47.7 Å². The fourth-order valence-corrected chi connectivity index (χ4v) is 3.50. The summed E-state index contributed by atoms with van der Waals surface area (Å²) in [5, 5.41) is 6.59. The molecule has 3 aromatic rings. The maximum atomic E-state index is 13.0. The Labute approximate surface area is 177 Å². The number of methoxy groups -OCH3 is 1. The van der Waals surface area contributed by atoms with Crippen molar-refractivity contribution in [3.8, 4) is 17.1 Å². The lowest BCUT2D eigenvalue weighted by atomic mass is 10.1. The predicted octanol–water partition coefficient (Wildman–Crippen LogP) is 1.44. The Morgan fingerprint density at radius 1 is 1.30 bits per heavy atom. The third-order valence-electron chi connectivity index (χ3n) is 4.77. The van der Waals surface area contributed by atoms with Gasteiger partial charge in [0, 0.05) is 36.9 Å². The maximum Gasteiger partial charge on any atom is 0.255 e. The van der Waals surface area contributed by atoms with Gasteiger partial charge in [0.25, 0.3) is 11.5 Å². The Balaban J connectivity index is 1.72. The molecule has 0 spiro atoms. The SMILES string of the molecule is COc1ccc(Cl)cc1C(=O)NC1CNCCn2c1nc(-c1ccncn1)cc2=O. The molecule has 9 nitrogen and oxygen atoms in total. The van der Waals surface area contributed by atoms with Crippen molar-refractivity contribution in [2.75, 3.05) is 20.2 Å². The van der Waals surface area contributed by atoms with Gasteiger partial charge >= 0.3 is 0 Å². The number of nitrogens with one attached hydrogen (secondary N) is 2. The highest BCUT2D eigenvalue weighted by atomic mass is 35.5. The van der Waals surface area contributed by atoms with Crippen LogP contribution in [0.3, 0.4) is 0 Å². The summed E-state index contributed by atoms with van der Waals surface area (Å²) in [6.45, 7) is 1.43. The zero-order valence-corrected chi connectivity index (χ0v) is 16.9. The number of aromatic nitrogens is 4. The van der Waals surface area contributed by atoms with Crippen molar-refractivity contribution in [3.05, 3.63) is 69.6 Å². The average Bonchev–Trinajstić information content (AvgIpc) is 2.97. The van der Waals surface area contributed by atoms with E-state index in [4.69, 9.17) is 16.3 Å². The van der Waals surface area contributed by atoms with Crippen LogP contribution in [0.1, 0.15) is 22.2 Å². The molecule has 0 radical (unpaired) electrons. The summed E-state index contributed by atoms with van der Waals surface area (Å²) in [6.07, 6.45) is 2.98. The molecule has 2 aromatic heterocycles. The Hall–Kier alpha value is -3.30. The summed E-state index contributed by atoms with van der Waals surface area (Å²) in [4.78, 5) is 38.5. The molecular formula is C20H19ClN6O3. The quantitative estimate of drug-likeness (QED) is 0.649. The highest BCUT2D eigenvalue weighted by Gasteiger charge is 2.25. The van der Waals surface area contributed by atoms with E-state index >= 15 is 0 Å². The standard InChI is InChI=1S/C20H19ClN6O3/c1-30-17-3-2-12(21)8-13(17)20(29)26-16-10-22-6-7-27-18(28)9-15(25-19(16)27)14-4-5-23-11-24-14/h2-5,8-9,11,16,22H,6-7,10H2,1H3,(H,26,29). The van der Waals surface area contributed by atoms with Crippen LogP contribution in [0.25, 0.3) is 11.4 Å². The van der Waals surface area contributed by atoms with Gasteiger partial charge in [0.15, 0.2) is 0 Å². The highest BCUT2D eigenvalue weighted by molar-refractivity contribution is 6.31. The second-order valence-corrected chi connectivity index (χ2v) is 7.10. The molecule has 0 aliphatic carbocycles. The Morgan fingerprint density at radius 2 is 2.17 bits per heavy atom. The number of benzene rings is 1. The van der Waals surface area contributed by atoms with Gasteiger partial charge in [-0.25, -0.2) is 15.0 Å². The zero-order chi connectivity index (χ0) is 21.1. The summed E-state index contributed by atoms with van der Waals surface area (Å²) in [5.41, 5.74) is 1.05. The van der Waals surface area contributed by atoms with Crippen LogP contribution in [-0.2, 0) is 6.54 Å². The largest absolute Gasteiger partial charge is 0.496 e. The molecule has 1 atom stereocenters. The number of carbonyl (C=O) groups is 1. The minimum Gasteiger partial charge on any atom is -0.496 e. The van der Waals surface area contributed by atoms with Crippen LogP contribution in [0.4, 0.5) is 0 Å². The van der Waals surface area contributed by atoms with E-state index < -0.39 is 6.04 Å². The van der Waals surface area contributed by atoms with Crippen molar-refractivity contribution >= 4 is 17.5 Å². The number of hydrogen-bond acceptors (Lipinski definition) is 7. The topological polar surface area (TPSA) is 111 Å². The van der Waals surface area contributed by atoms with E-state index in [0.717, 1.165) is 0 Å². The molecule has 0 saturated carbocycles. The van der Waals surface area contributed by atoms with Gasteiger partial charge in [-0.2, -0.15) is 0 Å². The maximum absolute atomic E-state index is 13.0. The molecule has 0 fully saturated rings. The summed E-state index contributed by atoms with van der Waals surface area (Å²) in [6, 6.07) is 7.39. The normalized spacial score (nSPS) is 15.7. The first-order valence-corrected chi connectivity index (χ1v) is 9.68. The monoisotopic (exact) mass is 426 g/mol. The number of carbonyl (C=O) groups excluding carboxylic acids is 1. The molecule has 0 saturated heterocycles. The number of halogens is 1. The predicted molar refractivity (Wildman–Crippen MR) is 111 cm³/mol. The molecule has 1 amide bonds. The van der Waals surface area contributed by atoms with Crippen molar-refractivity contribution in [1.82, 2.24) is 30.2 Å². The fraction of sp³-hybridized carbons (Fsp3) is 0.250. The van der Waals surface area contributed by atoms with Crippen molar-refractivity contribution in [2.45, 2.75) is 12.6 Å². The van der Waals surface area contributed by atoms with E-state index in [-0.39, 0.29) is 11.5 Å². The van der Waals surface area contributed by atoms with Crippen LogP contribution < -0.4 is 20.9 Å². The summed E-state index contributed by atoms with van der Waals surface area (Å²) >= 11 is 6.06. The third kappa shape index (κ3) is 4.03. The average molecular weight is 427 g/mol. The van der Waals surface area contributed by atoms with Gasteiger partial charge < -0.3 is 15.4 Å². The van der Waals surface area contributed by atoms with Crippen molar-refractivity contribution in [2.24, 2.45) is 0 Å². The van der Waals surface area contributed by atoms with Crippen LogP contribution in [-0.4, -0.2) is 45.6 Å². The van der Waals surface area contributed by atoms with Gasteiger partial charge in [0.2, 0.25) is 0 Å². The van der Waals surface area contributed by atoms with Crippen molar-refractivity contribution < 1.29 is 9.53 Å². The van der Waals surface area contributed by atoms with E-state index in [9.17, 15) is 9.59 Å². The molecule has 1 unspecified atom stereocenters. The van der Waals surface area contributed by atoms with E-state index in [0.29, 0.717) is 53.2 Å². The summed E-state index contributed by atoms with van der Waals surface area (Å²) < 4.78 is 6.84. The molecule has 1 aromatic carbocycles. The molecule has 1 aliphatic rings. The number of rotatable bonds is 4. The number of hydrogen-bond donors (Lipinski definition) is 2. The first-order chi connectivity index (χ1) is 14.6. The van der Waals surface area contributed by atoms with Crippen LogP contribution in [0.5, 0.6) is 5.75 Å². The van der Waals surface area contributed by atoms with E-state index in [2.05, 4.69) is 25.6 Å². The second kappa shape index (κ2) is 8.60. The lowest BCUT2D eigenvalue weighted by Gasteiger charge is -2.20. The molecule has 3 heterocycles. The minimum atomic E-state index is -0.543. The number of nitrogens with zero attached hydrogens (tertiary/aromatic N) is 4. The molecule has 1 aliphatic heterocycles. The molecule has 30 heavy (non-hydrogen) atoms. The van der Waals surface area contributed by atoms with Crippen LogP contribution in [0, 0.1) is 0 Å². The van der Waals surface area contributed by atoms with Gasteiger partial charge in [0.1, 0.15) is 17.9 Å². The fourth-order valence-electron chi connectivity index (χ4n) is 3.33. The smallest absolute Gasteiger partial charge is 0.255 e. The van der Waals surface area contributed by atoms with Gasteiger partial charge in [-0.05, 0) is 24.3 Å². The van der Waals surface area contributed by atoms with Gasteiger partial charge in [-0.15, -0.1) is 0 Å². The lowest BCUT2D eigenvalue weighted by Crippen LogP contribution is -2.37. The molecule has 4 rings (SSSR count). The van der Waals surface area contributed by atoms with E-state index in [1.54, 1.807) is 29.0 Å². The molecule has 154 valence electrons. The van der Waals surface area contributed by atoms with Crippen LogP contribution in [0.2, 0.25) is 5.02 Å². The number of ether oxygens (including phenoxy) is 1. The highest BCUT2D eigenvalue weighted by Crippen LogP contribution is 2.24. The molecule has 10 heteroatoms. The number of amides is 1. The van der Waals surface area contributed by atoms with Crippen molar-refractivity contribution in [1.29, 1.82) is 0 Å². The first-order valence-electron chi connectivity index (χ1n) is 9.30. The molecule has 2 N–H and O–H groups in total. The van der Waals surface area contributed by atoms with E-state index in [1.807, 2.05) is 0 Å². The van der Waals surface area contributed by atoms with Gasteiger partial charge in [0.05, 0.1) is 30.1 Å². The lowest BCUT2D eigenvalue weighted by molar-refractivity contribution is 0.0931. The van der Waals surface area contributed by atoms with Crippen LogP contribution >= 0.6 is 11.6 Å². The minimum absolute atomic E-state index is 0.211. The Kier molecular flexibility index (Phi) is 5.73. The third-order valence-corrected chi connectivity index (χ3v) is 5.00. The van der Waals surface area contributed by atoms with Crippen molar-refractivity contribution in [3.63, 3.8) is 0 Å². The summed E-state index contributed by atoms with van der Waals surface area (Å²) in [5.74, 6) is 0.477. The molecule has 0 bridgehead atoms. The Morgan fingerprint density at radius 3 is 2.93 bits per heavy atom. The second-order valence-electron chi connectivity index (χ2n) is 6.66.